The number of benzene rings is 1. The molecule has 2 aromatic heterocycles. The Morgan fingerprint density at radius 1 is 1.27 bits per heavy atom. The number of thiophene rings is 1. The predicted molar refractivity (Wildman–Crippen MR) is 97.6 cm³/mol. The maximum absolute atomic E-state index is 12.5. The Morgan fingerprint density at radius 2 is 2.08 bits per heavy atom. The third kappa shape index (κ3) is 3.79. The van der Waals surface area contributed by atoms with Gasteiger partial charge >= 0.3 is 0 Å². The highest BCUT2D eigenvalue weighted by atomic mass is 32.2. The molecule has 0 aliphatic heterocycles. The number of ether oxygens (including phenoxy) is 1. The number of nitrogens with two attached hydrogens (primary N) is 1. The van der Waals surface area contributed by atoms with E-state index >= 15 is 0 Å². The van der Waals surface area contributed by atoms with Gasteiger partial charge in [0.1, 0.15) is 5.75 Å². The van der Waals surface area contributed by atoms with Crippen LogP contribution >= 0.6 is 11.3 Å². The van der Waals surface area contributed by atoms with Crippen LogP contribution in [0, 0.1) is 0 Å². The second-order valence-electron chi connectivity index (χ2n) is 5.36. The minimum Gasteiger partial charge on any atom is -0.496 e. The van der Waals surface area contributed by atoms with Crippen LogP contribution in [0.2, 0.25) is 0 Å². The lowest BCUT2D eigenvalue weighted by molar-refractivity contribution is 0.0997. The van der Waals surface area contributed by atoms with Gasteiger partial charge in [0, 0.05) is 17.0 Å². The summed E-state index contributed by atoms with van der Waals surface area (Å²) in [6, 6.07) is 7.68. The zero-order valence-electron chi connectivity index (χ0n) is 13.8. The minimum absolute atomic E-state index is 0.00810. The van der Waals surface area contributed by atoms with Crippen molar-refractivity contribution in [2.45, 2.75) is 11.4 Å². The van der Waals surface area contributed by atoms with E-state index in [1.54, 1.807) is 12.5 Å². The van der Waals surface area contributed by atoms with Crippen molar-refractivity contribution >= 4 is 27.3 Å². The SMILES string of the molecule is COc1ccc(S(=O)(=O)NCc2cc(-c3ccoc3)cs2)cc1C(N)=O. The van der Waals surface area contributed by atoms with Gasteiger partial charge in [0.05, 0.1) is 30.1 Å². The average Bonchev–Trinajstić information content (AvgIpc) is 3.30. The number of carbonyl (C=O) groups is 1. The van der Waals surface area contributed by atoms with Crippen LogP contribution in [0.15, 0.2) is 57.6 Å². The summed E-state index contributed by atoms with van der Waals surface area (Å²) in [5.74, 6) is -0.540. The number of sulfonamides is 1. The molecule has 3 aromatic rings. The lowest BCUT2D eigenvalue weighted by Gasteiger charge is -2.09. The zero-order chi connectivity index (χ0) is 18.7. The van der Waals surface area contributed by atoms with E-state index < -0.39 is 15.9 Å². The largest absolute Gasteiger partial charge is 0.496 e. The van der Waals surface area contributed by atoms with Gasteiger partial charge in [0.15, 0.2) is 0 Å². The van der Waals surface area contributed by atoms with Gasteiger partial charge in [0.2, 0.25) is 10.0 Å². The van der Waals surface area contributed by atoms with Crippen molar-refractivity contribution < 1.29 is 22.4 Å². The molecule has 26 heavy (non-hydrogen) atoms. The van der Waals surface area contributed by atoms with Crippen molar-refractivity contribution in [1.29, 1.82) is 0 Å². The van der Waals surface area contributed by atoms with Crippen molar-refractivity contribution in [3.05, 3.63) is 58.7 Å². The number of carbonyl (C=O) groups excluding carboxylic acids is 1. The molecule has 0 radical (unpaired) electrons. The molecule has 0 atom stereocenters. The second kappa shape index (κ2) is 7.32. The third-order valence-corrected chi connectivity index (χ3v) is 6.03. The molecule has 3 N–H and O–H groups in total. The van der Waals surface area contributed by atoms with E-state index in [0.29, 0.717) is 0 Å². The van der Waals surface area contributed by atoms with Crippen molar-refractivity contribution in [3.8, 4) is 16.9 Å². The van der Waals surface area contributed by atoms with Gasteiger partial charge in [-0.1, -0.05) is 0 Å². The van der Waals surface area contributed by atoms with Crippen molar-refractivity contribution in [1.82, 2.24) is 4.72 Å². The molecule has 1 aromatic carbocycles. The molecule has 3 rings (SSSR count). The first-order valence-corrected chi connectivity index (χ1v) is 9.84. The lowest BCUT2D eigenvalue weighted by Crippen LogP contribution is -2.23. The number of methoxy groups -OCH3 is 1. The number of hydrogen-bond acceptors (Lipinski definition) is 6. The number of furan rings is 1. The first kappa shape index (κ1) is 18.2. The zero-order valence-corrected chi connectivity index (χ0v) is 15.4. The molecule has 0 aliphatic rings. The van der Waals surface area contributed by atoms with Crippen LogP contribution in [0.5, 0.6) is 5.75 Å². The molecule has 0 aliphatic carbocycles. The number of rotatable bonds is 7. The molecule has 1 amide bonds. The fourth-order valence-corrected chi connectivity index (χ4v) is 4.31. The summed E-state index contributed by atoms with van der Waals surface area (Å²) in [5, 5.41) is 1.92. The van der Waals surface area contributed by atoms with Crippen LogP contribution in [-0.4, -0.2) is 21.4 Å². The van der Waals surface area contributed by atoms with E-state index in [0.717, 1.165) is 16.0 Å². The quantitative estimate of drug-likeness (QED) is 0.642. The predicted octanol–water partition coefficient (Wildman–Crippen LogP) is 2.59. The van der Waals surface area contributed by atoms with Crippen LogP contribution in [0.1, 0.15) is 15.2 Å². The first-order chi connectivity index (χ1) is 12.4. The molecule has 0 spiro atoms. The number of hydrogen-bond donors (Lipinski definition) is 2. The summed E-state index contributed by atoms with van der Waals surface area (Å²) in [4.78, 5) is 12.3. The fourth-order valence-electron chi connectivity index (χ4n) is 2.35. The van der Waals surface area contributed by atoms with E-state index in [1.807, 2.05) is 17.5 Å². The Hall–Kier alpha value is -2.62. The van der Waals surface area contributed by atoms with Gasteiger partial charge in [0.25, 0.3) is 5.91 Å². The summed E-state index contributed by atoms with van der Waals surface area (Å²) in [7, 11) is -2.43. The van der Waals surface area contributed by atoms with Gasteiger partial charge in [-0.25, -0.2) is 13.1 Å². The van der Waals surface area contributed by atoms with Gasteiger partial charge in [-0.15, -0.1) is 11.3 Å². The van der Waals surface area contributed by atoms with Gasteiger partial charge in [-0.3, -0.25) is 4.79 Å². The molecular formula is C17H16N2O5S2. The first-order valence-electron chi connectivity index (χ1n) is 7.48. The number of primary amides is 1. The number of nitrogens with one attached hydrogen (secondary N) is 1. The molecule has 0 saturated heterocycles. The third-order valence-electron chi connectivity index (χ3n) is 3.69. The molecule has 136 valence electrons. The molecule has 0 saturated carbocycles. The Morgan fingerprint density at radius 3 is 2.73 bits per heavy atom. The second-order valence-corrected chi connectivity index (χ2v) is 8.13. The summed E-state index contributed by atoms with van der Waals surface area (Å²) in [6.07, 6.45) is 3.20. The normalized spacial score (nSPS) is 11.4. The minimum atomic E-state index is -3.81. The highest BCUT2D eigenvalue weighted by Gasteiger charge is 2.19. The lowest BCUT2D eigenvalue weighted by atomic mass is 10.2. The standard InChI is InChI=1S/C17H16N2O5S2/c1-23-16-3-2-14(7-15(16)17(18)20)26(21,22)19-8-13-6-12(10-25-13)11-4-5-24-9-11/h2-7,9-10,19H,8H2,1H3,(H2,18,20). The van der Waals surface area contributed by atoms with Crippen LogP contribution in [0.4, 0.5) is 0 Å². The summed E-state index contributed by atoms with van der Waals surface area (Å²) in [5.41, 5.74) is 7.17. The molecule has 9 heteroatoms. The molecular weight excluding hydrogens is 376 g/mol. The highest BCUT2D eigenvalue weighted by molar-refractivity contribution is 7.89. The van der Waals surface area contributed by atoms with Crippen molar-refractivity contribution in [2.75, 3.05) is 7.11 Å². The van der Waals surface area contributed by atoms with Crippen molar-refractivity contribution in [2.24, 2.45) is 5.73 Å². The topological polar surface area (TPSA) is 112 Å². The molecule has 0 bridgehead atoms. The highest BCUT2D eigenvalue weighted by Crippen LogP contribution is 2.26. The van der Waals surface area contributed by atoms with Crippen LogP contribution in [0.25, 0.3) is 11.1 Å². The van der Waals surface area contributed by atoms with E-state index in [4.69, 9.17) is 14.9 Å². The molecule has 0 unspecified atom stereocenters. The molecule has 7 nitrogen and oxygen atoms in total. The summed E-state index contributed by atoms with van der Waals surface area (Å²) in [6.45, 7) is 0.128. The summed E-state index contributed by atoms with van der Waals surface area (Å²) >= 11 is 1.44. The van der Waals surface area contributed by atoms with E-state index in [-0.39, 0.29) is 22.8 Å². The fraction of sp³-hybridized carbons (Fsp3) is 0.118. The Kier molecular flexibility index (Phi) is 5.12. The Labute approximate surface area is 154 Å². The molecule has 2 heterocycles. The Bertz CT molecular complexity index is 1020. The van der Waals surface area contributed by atoms with Crippen molar-refractivity contribution in [3.63, 3.8) is 0 Å². The maximum Gasteiger partial charge on any atom is 0.252 e. The number of amides is 1. The molecule has 0 fully saturated rings. The van der Waals surface area contributed by atoms with Gasteiger partial charge in [-0.2, -0.15) is 0 Å². The maximum atomic E-state index is 12.5. The smallest absolute Gasteiger partial charge is 0.252 e. The van der Waals surface area contributed by atoms with Crippen LogP contribution in [0.3, 0.4) is 0 Å². The van der Waals surface area contributed by atoms with Gasteiger partial charge < -0.3 is 14.9 Å². The van der Waals surface area contributed by atoms with E-state index in [2.05, 4.69) is 4.72 Å². The van der Waals surface area contributed by atoms with E-state index in [9.17, 15) is 13.2 Å². The van der Waals surface area contributed by atoms with E-state index in [1.165, 1.54) is 36.6 Å². The Balaban J connectivity index is 1.77. The average molecular weight is 392 g/mol. The van der Waals surface area contributed by atoms with Gasteiger partial charge in [-0.05, 0) is 41.3 Å². The van der Waals surface area contributed by atoms with Crippen LogP contribution < -0.4 is 15.2 Å². The van der Waals surface area contributed by atoms with Crippen LogP contribution in [-0.2, 0) is 16.6 Å². The summed E-state index contributed by atoms with van der Waals surface area (Å²) < 4.78 is 37.6. The monoisotopic (exact) mass is 392 g/mol.